The van der Waals surface area contributed by atoms with E-state index in [9.17, 15) is 4.79 Å². The van der Waals surface area contributed by atoms with E-state index in [1.54, 1.807) is 0 Å². The molecule has 0 aliphatic carbocycles. The number of nitrogens with two attached hydrogens (primary N) is 2. The quantitative estimate of drug-likeness (QED) is 0.741. The zero-order valence-electron chi connectivity index (χ0n) is 9.20. The normalized spacial score (nSPS) is 10.0. The van der Waals surface area contributed by atoms with Crippen LogP contribution in [0.4, 0.5) is 11.8 Å². The van der Waals surface area contributed by atoms with Crippen molar-refractivity contribution in [3.63, 3.8) is 0 Å². The standard InChI is InChI=1S/C11H10N4O3/c12-8-5-9(15-11(13)14-8)18-7-3-1-6(2-4-7)10(16)17/h1-5H,(H,16,17)(H4,12,13,14,15). The number of aromatic carboxylic acids is 1. The first-order valence-corrected chi connectivity index (χ1v) is 4.96. The van der Waals surface area contributed by atoms with Crippen LogP contribution in [0, 0.1) is 0 Å². The van der Waals surface area contributed by atoms with Gasteiger partial charge in [0.2, 0.25) is 11.8 Å². The molecule has 1 aromatic heterocycles. The van der Waals surface area contributed by atoms with E-state index in [1.165, 1.54) is 30.3 Å². The Labute approximate surface area is 102 Å². The van der Waals surface area contributed by atoms with Gasteiger partial charge in [0.05, 0.1) is 5.56 Å². The number of benzene rings is 1. The Kier molecular flexibility index (Phi) is 2.96. The molecule has 0 saturated carbocycles. The van der Waals surface area contributed by atoms with Crippen molar-refractivity contribution in [3.8, 4) is 11.6 Å². The molecular formula is C11H10N4O3. The molecule has 7 heteroatoms. The second-order valence-electron chi connectivity index (χ2n) is 3.42. The van der Waals surface area contributed by atoms with E-state index >= 15 is 0 Å². The van der Waals surface area contributed by atoms with Crippen molar-refractivity contribution in [2.75, 3.05) is 11.5 Å². The maximum atomic E-state index is 10.7. The van der Waals surface area contributed by atoms with Gasteiger partial charge in [-0.05, 0) is 24.3 Å². The maximum absolute atomic E-state index is 10.7. The molecule has 2 rings (SSSR count). The molecule has 5 N–H and O–H groups in total. The van der Waals surface area contributed by atoms with Crippen LogP contribution >= 0.6 is 0 Å². The van der Waals surface area contributed by atoms with E-state index < -0.39 is 5.97 Å². The molecule has 0 atom stereocenters. The van der Waals surface area contributed by atoms with Crippen molar-refractivity contribution in [1.29, 1.82) is 0 Å². The van der Waals surface area contributed by atoms with Crippen LogP contribution in [-0.2, 0) is 0 Å². The van der Waals surface area contributed by atoms with Crippen LogP contribution in [0.5, 0.6) is 11.6 Å². The number of anilines is 2. The summed E-state index contributed by atoms with van der Waals surface area (Å²) in [6, 6.07) is 7.29. The number of carboxylic acids is 1. The van der Waals surface area contributed by atoms with Crippen LogP contribution in [0.15, 0.2) is 30.3 Å². The van der Waals surface area contributed by atoms with Crippen LogP contribution < -0.4 is 16.2 Å². The number of ether oxygens (including phenoxy) is 1. The summed E-state index contributed by atoms with van der Waals surface area (Å²) in [4.78, 5) is 18.2. The largest absolute Gasteiger partial charge is 0.478 e. The van der Waals surface area contributed by atoms with Gasteiger partial charge in [-0.3, -0.25) is 0 Å². The summed E-state index contributed by atoms with van der Waals surface area (Å²) < 4.78 is 5.37. The Hall–Kier alpha value is -2.83. The lowest BCUT2D eigenvalue weighted by Crippen LogP contribution is -2.01. The van der Waals surface area contributed by atoms with Gasteiger partial charge in [0, 0.05) is 6.07 Å². The average Bonchev–Trinajstić information content (AvgIpc) is 2.28. The number of nitrogens with zero attached hydrogens (tertiary/aromatic N) is 2. The van der Waals surface area contributed by atoms with Crippen LogP contribution in [0.3, 0.4) is 0 Å². The average molecular weight is 246 g/mol. The van der Waals surface area contributed by atoms with E-state index in [0.717, 1.165) is 0 Å². The lowest BCUT2D eigenvalue weighted by Gasteiger charge is -2.05. The summed E-state index contributed by atoms with van der Waals surface area (Å²) in [6.45, 7) is 0. The minimum absolute atomic E-state index is 0.00663. The zero-order valence-corrected chi connectivity index (χ0v) is 9.20. The van der Waals surface area contributed by atoms with E-state index in [-0.39, 0.29) is 23.2 Å². The summed E-state index contributed by atoms with van der Waals surface area (Å²) in [5.74, 6) is -0.176. The van der Waals surface area contributed by atoms with E-state index in [0.29, 0.717) is 5.75 Å². The Morgan fingerprint density at radius 1 is 1.17 bits per heavy atom. The molecule has 0 bridgehead atoms. The van der Waals surface area contributed by atoms with Gasteiger partial charge in [-0.2, -0.15) is 9.97 Å². The SMILES string of the molecule is Nc1cc(Oc2ccc(C(=O)O)cc2)nc(N)n1. The number of carbonyl (C=O) groups is 1. The van der Waals surface area contributed by atoms with Crippen LogP contribution in [-0.4, -0.2) is 21.0 Å². The topological polar surface area (TPSA) is 124 Å². The van der Waals surface area contributed by atoms with Crippen molar-refractivity contribution in [2.45, 2.75) is 0 Å². The minimum atomic E-state index is -1.00. The van der Waals surface area contributed by atoms with Crippen molar-refractivity contribution in [3.05, 3.63) is 35.9 Å². The number of aromatic nitrogens is 2. The predicted octanol–water partition coefficient (Wildman–Crippen LogP) is 1.13. The lowest BCUT2D eigenvalue weighted by atomic mass is 10.2. The van der Waals surface area contributed by atoms with Crippen LogP contribution in [0.1, 0.15) is 10.4 Å². The van der Waals surface area contributed by atoms with Gasteiger partial charge >= 0.3 is 5.97 Å². The molecule has 0 radical (unpaired) electrons. The molecule has 18 heavy (non-hydrogen) atoms. The first kappa shape index (κ1) is 11.6. The molecule has 92 valence electrons. The molecule has 2 aromatic rings. The molecule has 0 aliphatic rings. The van der Waals surface area contributed by atoms with Gasteiger partial charge in [-0.25, -0.2) is 4.79 Å². The third-order valence-corrected chi connectivity index (χ3v) is 2.06. The lowest BCUT2D eigenvalue weighted by molar-refractivity contribution is 0.0697. The number of hydrogen-bond acceptors (Lipinski definition) is 6. The van der Waals surface area contributed by atoms with Crippen molar-refractivity contribution < 1.29 is 14.6 Å². The summed E-state index contributed by atoms with van der Waals surface area (Å²) in [5.41, 5.74) is 11.1. The van der Waals surface area contributed by atoms with Crippen LogP contribution in [0.25, 0.3) is 0 Å². The summed E-state index contributed by atoms with van der Waals surface area (Å²) in [6.07, 6.45) is 0. The van der Waals surface area contributed by atoms with Gasteiger partial charge in [0.25, 0.3) is 0 Å². The fourth-order valence-electron chi connectivity index (χ4n) is 1.30. The Bertz CT molecular complexity index is 563. The Balaban J connectivity index is 2.20. The first-order chi connectivity index (χ1) is 8.54. The zero-order chi connectivity index (χ0) is 13.1. The Morgan fingerprint density at radius 2 is 1.83 bits per heavy atom. The molecule has 0 amide bonds. The summed E-state index contributed by atoms with van der Waals surface area (Å²) >= 11 is 0. The van der Waals surface area contributed by atoms with Crippen molar-refractivity contribution in [2.24, 2.45) is 0 Å². The monoisotopic (exact) mass is 246 g/mol. The third kappa shape index (κ3) is 2.64. The van der Waals surface area contributed by atoms with Crippen LogP contribution in [0.2, 0.25) is 0 Å². The third-order valence-electron chi connectivity index (χ3n) is 2.06. The molecule has 1 heterocycles. The predicted molar refractivity (Wildman–Crippen MR) is 64.3 cm³/mol. The van der Waals surface area contributed by atoms with Gasteiger partial charge in [-0.15, -0.1) is 0 Å². The molecular weight excluding hydrogens is 236 g/mol. The number of nitrogen functional groups attached to an aromatic ring is 2. The molecule has 1 aromatic carbocycles. The fraction of sp³-hybridized carbons (Fsp3) is 0. The maximum Gasteiger partial charge on any atom is 0.335 e. The molecule has 0 saturated heterocycles. The van der Waals surface area contributed by atoms with E-state index in [1.807, 2.05) is 0 Å². The van der Waals surface area contributed by atoms with E-state index in [2.05, 4.69) is 9.97 Å². The highest BCUT2D eigenvalue weighted by Crippen LogP contribution is 2.21. The Morgan fingerprint density at radius 3 is 2.39 bits per heavy atom. The number of hydrogen-bond donors (Lipinski definition) is 3. The van der Waals surface area contributed by atoms with E-state index in [4.69, 9.17) is 21.3 Å². The highest BCUT2D eigenvalue weighted by Gasteiger charge is 2.05. The summed E-state index contributed by atoms with van der Waals surface area (Å²) in [7, 11) is 0. The highest BCUT2D eigenvalue weighted by molar-refractivity contribution is 5.87. The minimum Gasteiger partial charge on any atom is -0.478 e. The van der Waals surface area contributed by atoms with Gasteiger partial charge < -0.3 is 21.3 Å². The highest BCUT2D eigenvalue weighted by atomic mass is 16.5. The molecule has 7 nitrogen and oxygen atoms in total. The fourth-order valence-corrected chi connectivity index (χ4v) is 1.30. The second-order valence-corrected chi connectivity index (χ2v) is 3.42. The molecule has 0 aliphatic heterocycles. The number of carboxylic acid groups (broad SMARTS) is 1. The first-order valence-electron chi connectivity index (χ1n) is 4.96. The van der Waals surface area contributed by atoms with Gasteiger partial charge in [-0.1, -0.05) is 0 Å². The van der Waals surface area contributed by atoms with Gasteiger partial charge in [0.1, 0.15) is 11.6 Å². The van der Waals surface area contributed by atoms with Gasteiger partial charge in [0.15, 0.2) is 0 Å². The van der Waals surface area contributed by atoms with Crippen molar-refractivity contribution >= 4 is 17.7 Å². The number of rotatable bonds is 3. The smallest absolute Gasteiger partial charge is 0.335 e. The molecule has 0 unspecified atom stereocenters. The summed E-state index contributed by atoms with van der Waals surface area (Å²) in [5, 5.41) is 8.74. The van der Waals surface area contributed by atoms with Crippen molar-refractivity contribution in [1.82, 2.24) is 9.97 Å². The second kappa shape index (κ2) is 4.58. The molecule has 0 spiro atoms. The molecule has 0 fully saturated rings.